The second-order valence-electron chi connectivity index (χ2n) is 3.84. The summed E-state index contributed by atoms with van der Waals surface area (Å²) >= 11 is 0. The molecule has 0 aliphatic heterocycles. The summed E-state index contributed by atoms with van der Waals surface area (Å²) in [5, 5.41) is 16.3. The van der Waals surface area contributed by atoms with Gasteiger partial charge in [-0.2, -0.15) is 0 Å². The second-order valence-corrected chi connectivity index (χ2v) is 3.84. The molecule has 0 aromatic heterocycles. The standard InChI is InChI=1S/C7H10O4.C7H8O4.2CH4/c2*1-5(11-6(2)8)3-4-7(9)10;;/h3-5H,1-2H3,(H,9,10);5H,1-2H3,(H,9,10);2*1H4/b4-3-;;;/t2*5-;;/m00../s1. The van der Waals surface area contributed by atoms with Crippen LogP contribution < -0.4 is 0 Å². The molecule has 2 N–H and O–H groups in total. The monoisotopic (exact) mass is 346 g/mol. The third-order valence-electron chi connectivity index (χ3n) is 1.59. The van der Waals surface area contributed by atoms with Crippen LogP contribution in [-0.2, 0) is 28.7 Å². The number of esters is 2. The van der Waals surface area contributed by atoms with Crippen molar-refractivity contribution in [1.29, 1.82) is 0 Å². The predicted octanol–water partition coefficient (Wildman–Crippen LogP) is 1.88. The Morgan fingerprint density at radius 2 is 1.42 bits per heavy atom. The molecule has 8 heteroatoms. The van der Waals surface area contributed by atoms with E-state index in [-0.39, 0.29) is 14.9 Å². The molecule has 0 aromatic rings. The normalized spacial score (nSPS) is 10.8. The molecule has 0 amide bonds. The molecule has 24 heavy (non-hydrogen) atoms. The fraction of sp³-hybridized carbons (Fsp3) is 0.500. The summed E-state index contributed by atoms with van der Waals surface area (Å²) in [5.74, 6) is 0.878. The van der Waals surface area contributed by atoms with Crippen LogP contribution in [0.1, 0.15) is 42.5 Å². The van der Waals surface area contributed by atoms with Crippen LogP contribution in [0.4, 0.5) is 0 Å². The highest BCUT2D eigenvalue weighted by Gasteiger charge is 2.00. The molecule has 0 saturated heterocycles. The maximum absolute atomic E-state index is 10.3. The van der Waals surface area contributed by atoms with Crippen LogP contribution >= 0.6 is 0 Å². The van der Waals surface area contributed by atoms with E-state index in [1.807, 2.05) is 5.92 Å². The van der Waals surface area contributed by atoms with Crippen molar-refractivity contribution in [2.75, 3.05) is 0 Å². The first-order chi connectivity index (χ1) is 10.0. The average molecular weight is 346 g/mol. The number of ether oxygens (including phenoxy) is 2. The number of rotatable bonds is 4. The van der Waals surface area contributed by atoms with Crippen LogP contribution in [-0.4, -0.2) is 46.3 Å². The summed E-state index contributed by atoms with van der Waals surface area (Å²) in [6.07, 6.45) is 1.09. The Bertz CT molecular complexity index is 496. The lowest BCUT2D eigenvalue weighted by Crippen LogP contribution is -2.09. The van der Waals surface area contributed by atoms with E-state index in [2.05, 4.69) is 15.4 Å². The number of carbonyl (C=O) groups is 4. The molecule has 8 nitrogen and oxygen atoms in total. The highest BCUT2D eigenvalue weighted by molar-refractivity contribution is 5.86. The summed E-state index contributed by atoms with van der Waals surface area (Å²) in [7, 11) is 0. The van der Waals surface area contributed by atoms with Crippen LogP contribution in [0.15, 0.2) is 12.2 Å². The Hall–Kier alpha value is -2.82. The van der Waals surface area contributed by atoms with Crippen molar-refractivity contribution in [3.63, 3.8) is 0 Å². The van der Waals surface area contributed by atoms with Gasteiger partial charge in [0.05, 0.1) is 0 Å². The van der Waals surface area contributed by atoms with Crippen molar-refractivity contribution in [2.24, 2.45) is 0 Å². The summed E-state index contributed by atoms with van der Waals surface area (Å²) < 4.78 is 9.14. The molecule has 0 radical (unpaired) electrons. The van der Waals surface area contributed by atoms with Crippen molar-refractivity contribution in [3.05, 3.63) is 12.2 Å². The lowest BCUT2D eigenvalue weighted by molar-refractivity contribution is -0.144. The Labute approximate surface area is 142 Å². The first kappa shape index (κ1) is 29.2. The average Bonchev–Trinajstić information content (AvgIpc) is 2.33. The summed E-state index contributed by atoms with van der Waals surface area (Å²) in [6, 6.07) is 0. The van der Waals surface area contributed by atoms with Gasteiger partial charge in [0.1, 0.15) is 6.10 Å². The van der Waals surface area contributed by atoms with E-state index in [1.165, 1.54) is 26.8 Å². The van der Waals surface area contributed by atoms with E-state index in [9.17, 15) is 19.2 Å². The fourth-order valence-electron chi connectivity index (χ4n) is 0.961. The lowest BCUT2D eigenvalue weighted by atomic mass is 10.3. The van der Waals surface area contributed by atoms with E-state index in [1.54, 1.807) is 6.92 Å². The molecule has 0 heterocycles. The molecule has 0 aliphatic rings. The van der Waals surface area contributed by atoms with Crippen LogP contribution in [0.5, 0.6) is 0 Å². The number of carboxylic acid groups (broad SMARTS) is 2. The number of carboxylic acids is 2. The zero-order chi connectivity index (χ0) is 17.7. The molecular formula is C16H26O8. The molecule has 0 saturated carbocycles. The third kappa shape index (κ3) is 27.5. The number of carbonyl (C=O) groups excluding carboxylic acids is 2. The van der Waals surface area contributed by atoms with Gasteiger partial charge in [0.15, 0.2) is 6.10 Å². The molecule has 0 bridgehead atoms. The summed E-state index contributed by atoms with van der Waals surface area (Å²) in [5.41, 5.74) is 0. The highest BCUT2D eigenvalue weighted by Crippen LogP contribution is 1.92. The Morgan fingerprint density at radius 3 is 1.75 bits per heavy atom. The van der Waals surface area contributed by atoms with E-state index in [4.69, 9.17) is 10.2 Å². The Morgan fingerprint density at radius 1 is 0.958 bits per heavy atom. The van der Waals surface area contributed by atoms with Gasteiger partial charge in [-0.1, -0.05) is 14.9 Å². The maximum Gasteiger partial charge on any atom is 0.382 e. The maximum atomic E-state index is 10.3. The number of aliphatic carboxylic acids is 2. The largest absolute Gasteiger partial charge is 0.478 e. The predicted molar refractivity (Wildman–Crippen MR) is 88.1 cm³/mol. The van der Waals surface area contributed by atoms with Gasteiger partial charge in [-0.3, -0.25) is 9.59 Å². The van der Waals surface area contributed by atoms with Crippen LogP contribution in [0.3, 0.4) is 0 Å². The van der Waals surface area contributed by atoms with Gasteiger partial charge >= 0.3 is 23.9 Å². The van der Waals surface area contributed by atoms with Gasteiger partial charge in [0.2, 0.25) is 0 Å². The third-order valence-corrected chi connectivity index (χ3v) is 1.59. The smallest absolute Gasteiger partial charge is 0.382 e. The molecule has 0 aliphatic carbocycles. The van der Waals surface area contributed by atoms with Gasteiger partial charge in [0.25, 0.3) is 0 Å². The quantitative estimate of drug-likeness (QED) is 0.449. The van der Waals surface area contributed by atoms with Gasteiger partial charge in [-0.25, -0.2) is 9.59 Å². The zero-order valence-corrected chi connectivity index (χ0v) is 12.7. The summed E-state index contributed by atoms with van der Waals surface area (Å²) in [4.78, 5) is 40.4. The molecule has 2 atom stereocenters. The molecule has 0 spiro atoms. The van der Waals surface area contributed by atoms with E-state index >= 15 is 0 Å². The zero-order valence-electron chi connectivity index (χ0n) is 12.7. The Kier molecular flexibility index (Phi) is 20.2. The second kappa shape index (κ2) is 16.5. The van der Waals surface area contributed by atoms with Crippen molar-refractivity contribution >= 4 is 23.9 Å². The fourth-order valence-corrected chi connectivity index (χ4v) is 0.961. The van der Waals surface area contributed by atoms with Gasteiger partial charge in [0, 0.05) is 25.8 Å². The van der Waals surface area contributed by atoms with Crippen LogP contribution in [0.25, 0.3) is 0 Å². The van der Waals surface area contributed by atoms with Gasteiger partial charge in [-0.15, -0.1) is 0 Å². The minimum Gasteiger partial charge on any atom is -0.478 e. The molecule has 0 rings (SSSR count). The van der Waals surface area contributed by atoms with E-state index in [0.29, 0.717) is 0 Å². The summed E-state index contributed by atoms with van der Waals surface area (Å²) in [6.45, 7) is 5.59. The number of hydrogen-bond acceptors (Lipinski definition) is 6. The van der Waals surface area contributed by atoms with Gasteiger partial charge < -0.3 is 19.7 Å². The highest BCUT2D eigenvalue weighted by atomic mass is 16.5. The van der Waals surface area contributed by atoms with Crippen molar-refractivity contribution < 1.29 is 38.9 Å². The van der Waals surface area contributed by atoms with Crippen LogP contribution in [0.2, 0.25) is 0 Å². The Balaban J connectivity index is -0.000000154. The molecule has 0 unspecified atom stereocenters. The molecule has 0 fully saturated rings. The first-order valence-electron chi connectivity index (χ1n) is 6.04. The number of hydrogen-bond donors (Lipinski definition) is 2. The molecule has 138 valence electrons. The SMILES string of the molecule is C.C.CC(=O)O[C@@H](C)/C=C\C(=O)O.CC(=O)O[C@@H](C)C#CC(=O)O. The van der Waals surface area contributed by atoms with E-state index < -0.39 is 36.1 Å². The van der Waals surface area contributed by atoms with Crippen molar-refractivity contribution in [2.45, 2.75) is 54.8 Å². The molecule has 0 aromatic carbocycles. The first-order valence-corrected chi connectivity index (χ1v) is 6.04. The van der Waals surface area contributed by atoms with Crippen molar-refractivity contribution in [1.82, 2.24) is 0 Å². The minimum atomic E-state index is -1.23. The van der Waals surface area contributed by atoms with E-state index in [0.717, 1.165) is 6.08 Å². The van der Waals surface area contributed by atoms with Gasteiger partial charge in [-0.05, 0) is 25.8 Å². The minimum absolute atomic E-state index is 0. The topological polar surface area (TPSA) is 127 Å². The lowest BCUT2D eigenvalue weighted by Gasteiger charge is -2.04. The van der Waals surface area contributed by atoms with Crippen molar-refractivity contribution in [3.8, 4) is 11.8 Å². The van der Waals surface area contributed by atoms with Crippen LogP contribution in [0, 0.1) is 11.8 Å². The molecular weight excluding hydrogens is 320 g/mol.